The van der Waals surface area contributed by atoms with Crippen molar-refractivity contribution in [1.29, 1.82) is 0 Å². The smallest absolute Gasteiger partial charge is 0.285 e. The maximum absolute atomic E-state index is 14.4. The predicted octanol–water partition coefficient (Wildman–Crippen LogP) is 6.69. The van der Waals surface area contributed by atoms with Crippen molar-refractivity contribution < 1.29 is 28.7 Å². The highest BCUT2D eigenvalue weighted by molar-refractivity contribution is 9.10. The number of carbonyl (C=O) groups is 3. The van der Waals surface area contributed by atoms with E-state index in [4.69, 9.17) is 14.3 Å². The van der Waals surface area contributed by atoms with E-state index in [2.05, 4.69) is 20.9 Å². The van der Waals surface area contributed by atoms with Crippen molar-refractivity contribution in [1.82, 2.24) is 14.9 Å². The fraction of sp³-hybridized carbons (Fsp3) is 0.152. The van der Waals surface area contributed by atoms with E-state index in [1.807, 2.05) is 54.6 Å². The molecular formula is C33H26BrN3O6S. The zero-order valence-corrected chi connectivity index (χ0v) is 26.1. The molecule has 0 unspecified atom stereocenters. The fourth-order valence-corrected chi connectivity index (χ4v) is 6.55. The van der Waals surface area contributed by atoms with E-state index in [1.54, 1.807) is 48.4 Å². The number of amides is 3. The summed E-state index contributed by atoms with van der Waals surface area (Å²) in [7, 11) is 3.07. The number of benzene rings is 3. The van der Waals surface area contributed by atoms with Crippen molar-refractivity contribution in [3.63, 3.8) is 0 Å². The van der Waals surface area contributed by atoms with Gasteiger partial charge in [-0.1, -0.05) is 42.5 Å². The van der Waals surface area contributed by atoms with Gasteiger partial charge in [0.15, 0.2) is 0 Å². The van der Waals surface area contributed by atoms with E-state index >= 15 is 0 Å². The average molecular weight is 673 g/mol. The Morgan fingerprint density at radius 2 is 1.59 bits per heavy atom. The minimum atomic E-state index is -0.706. The summed E-state index contributed by atoms with van der Waals surface area (Å²) in [4.78, 5) is 53.5. The van der Waals surface area contributed by atoms with Crippen molar-refractivity contribution in [3.8, 4) is 11.6 Å². The molecule has 3 aromatic carbocycles. The van der Waals surface area contributed by atoms with E-state index in [1.165, 1.54) is 18.4 Å². The lowest BCUT2D eigenvalue weighted by Gasteiger charge is -2.32. The molecular weight excluding hydrogens is 646 g/mol. The summed E-state index contributed by atoms with van der Waals surface area (Å²) in [5, 5.41) is 1.78. The minimum absolute atomic E-state index is 0.158. The monoisotopic (exact) mass is 671 g/mol. The molecule has 1 atom stereocenters. The highest BCUT2D eigenvalue weighted by Gasteiger charge is 2.38. The number of nitrogens with zero attached hydrogens (tertiary/aromatic N) is 3. The number of carbonyl (C=O) groups excluding carboxylic acids is 3. The van der Waals surface area contributed by atoms with Gasteiger partial charge in [0.2, 0.25) is 5.88 Å². The molecule has 0 fully saturated rings. The van der Waals surface area contributed by atoms with Gasteiger partial charge in [0.1, 0.15) is 18.1 Å². The lowest BCUT2D eigenvalue weighted by Crippen LogP contribution is -2.40. The molecule has 0 N–H and O–H groups in total. The first-order chi connectivity index (χ1) is 21.4. The Hall–Kier alpha value is -4.58. The van der Waals surface area contributed by atoms with Crippen LogP contribution in [0.15, 0.2) is 95.5 Å². The second kappa shape index (κ2) is 12.6. The maximum atomic E-state index is 14.4. The first kappa shape index (κ1) is 29.5. The number of halogens is 1. The molecule has 5 aromatic rings. The van der Waals surface area contributed by atoms with Crippen LogP contribution in [0.2, 0.25) is 0 Å². The van der Waals surface area contributed by atoms with Crippen molar-refractivity contribution in [2.24, 2.45) is 0 Å². The number of rotatable bonds is 10. The third kappa shape index (κ3) is 5.69. The van der Waals surface area contributed by atoms with Crippen LogP contribution in [0.3, 0.4) is 0 Å². The first-order valence-corrected chi connectivity index (χ1v) is 15.2. The summed E-state index contributed by atoms with van der Waals surface area (Å²) in [6.45, 7) is 0.00112. The van der Waals surface area contributed by atoms with Crippen molar-refractivity contribution in [2.45, 2.75) is 12.6 Å². The number of thiophene rings is 1. The number of imide groups is 1. The quantitative estimate of drug-likeness (QED) is 0.153. The van der Waals surface area contributed by atoms with Gasteiger partial charge < -0.3 is 14.4 Å². The number of hydroxylamine groups is 2. The molecule has 1 aliphatic heterocycles. The van der Waals surface area contributed by atoms with Gasteiger partial charge >= 0.3 is 0 Å². The Labute approximate surface area is 265 Å². The summed E-state index contributed by atoms with van der Waals surface area (Å²) in [6, 6.07) is 26.5. The zero-order chi connectivity index (χ0) is 30.8. The second-order valence-electron chi connectivity index (χ2n) is 9.92. The van der Waals surface area contributed by atoms with Gasteiger partial charge in [-0.05, 0) is 75.4 Å². The van der Waals surface area contributed by atoms with Crippen LogP contribution in [0.4, 0.5) is 0 Å². The number of pyridine rings is 1. The highest BCUT2D eigenvalue weighted by atomic mass is 79.9. The molecule has 9 nitrogen and oxygen atoms in total. The standard InChI is InChI=1S/C33H26BrN3O6S/c1-41-22-13-11-20(12-14-22)18-36(33(40)26-16-15-25(34)30(35-26)42-2)27(29-17-21-7-3-6-10-28(21)44-29)19-43-37-31(38)23-8-4-5-9-24(23)32(37)39/h3-17,27H,18-19H2,1-2H3/t27-/m1/s1. The average Bonchev–Trinajstić information content (AvgIpc) is 3.59. The zero-order valence-electron chi connectivity index (χ0n) is 23.7. The Bertz CT molecular complexity index is 1810. The van der Waals surface area contributed by atoms with Gasteiger partial charge in [-0.2, -0.15) is 0 Å². The molecule has 222 valence electrons. The van der Waals surface area contributed by atoms with Crippen molar-refractivity contribution in [3.05, 3.63) is 123 Å². The minimum Gasteiger partial charge on any atom is -0.497 e. The van der Waals surface area contributed by atoms with Crippen LogP contribution in [0.1, 0.15) is 47.7 Å². The topological polar surface area (TPSA) is 98.3 Å². The van der Waals surface area contributed by atoms with Crippen LogP contribution in [-0.2, 0) is 11.4 Å². The largest absolute Gasteiger partial charge is 0.497 e. The van der Waals surface area contributed by atoms with Gasteiger partial charge in [-0.3, -0.25) is 19.2 Å². The van der Waals surface area contributed by atoms with Crippen LogP contribution >= 0.6 is 27.3 Å². The fourth-order valence-electron chi connectivity index (χ4n) is 5.01. The summed E-state index contributed by atoms with van der Waals surface area (Å²) in [5.41, 5.74) is 1.53. The number of aromatic nitrogens is 1. The van der Waals surface area contributed by atoms with Crippen molar-refractivity contribution >= 4 is 55.1 Å². The third-order valence-electron chi connectivity index (χ3n) is 7.27. The van der Waals surface area contributed by atoms with E-state index in [9.17, 15) is 14.4 Å². The summed E-state index contributed by atoms with van der Waals surface area (Å²) in [5.74, 6) is -0.539. The number of fused-ring (bicyclic) bond motifs is 2. The van der Waals surface area contributed by atoms with Crippen LogP contribution in [-0.4, -0.2) is 53.5 Å². The summed E-state index contributed by atoms with van der Waals surface area (Å²) >= 11 is 4.91. The molecule has 11 heteroatoms. The summed E-state index contributed by atoms with van der Waals surface area (Å²) in [6.07, 6.45) is 0. The van der Waals surface area contributed by atoms with E-state index in [-0.39, 0.29) is 41.8 Å². The first-order valence-electron chi connectivity index (χ1n) is 13.6. The Balaban J connectivity index is 1.41. The van der Waals surface area contributed by atoms with Gasteiger partial charge in [0.25, 0.3) is 17.7 Å². The predicted molar refractivity (Wildman–Crippen MR) is 169 cm³/mol. The molecule has 44 heavy (non-hydrogen) atoms. The van der Waals surface area contributed by atoms with Gasteiger partial charge in [0, 0.05) is 16.1 Å². The normalized spacial score (nSPS) is 13.2. The molecule has 6 rings (SSSR count). The number of ether oxygens (including phenoxy) is 2. The molecule has 0 bridgehead atoms. The molecule has 3 amide bonds. The van der Waals surface area contributed by atoms with E-state index < -0.39 is 17.9 Å². The summed E-state index contributed by atoms with van der Waals surface area (Å²) < 4.78 is 12.3. The number of hydrogen-bond donors (Lipinski definition) is 0. The van der Waals surface area contributed by atoms with Crippen LogP contribution < -0.4 is 9.47 Å². The Morgan fingerprint density at radius 1 is 0.909 bits per heavy atom. The number of methoxy groups -OCH3 is 2. The van der Waals surface area contributed by atoms with E-state index in [0.29, 0.717) is 10.2 Å². The highest BCUT2D eigenvalue weighted by Crippen LogP contribution is 2.36. The SMILES string of the molecule is COc1ccc(CN(C(=O)c2ccc(Br)c(OC)n2)[C@H](CON2C(=O)c3ccccc3C2=O)c2cc3ccccc3s2)cc1. The van der Waals surface area contributed by atoms with Crippen molar-refractivity contribution in [2.75, 3.05) is 20.8 Å². The van der Waals surface area contributed by atoms with Gasteiger partial charge in [-0.25, -0.2) is 4.98 Å². The van der Waals surface area contributed by atoms with Crippen LogP contribution in [0.5, 0.6) is 11.6 Å². The molecule has 0 spiro atoms. The molecule has 0 saturated heterocycles. The van der Waals surface area contributed by atoms with Crippen LogP contribution in [0, 0.1) is 0 Å². The Kier molecular flexibility index (Phi) is 8.42. The van der Waals surface area contributed by atoms with Gasteiger partial charge in [0.05, 0.1) is 35.9 Å². The number of hydrogen-bond acceptors (Lipinski definition) is 8. The molecule has 2 aromatic heterocycles. The second-order valence-corrected chi connectivity index (χ2v) is 11.9. The maximum Gasteiger partial charge on any atom is 0.285 e. The molecule has 0 radical (unpaired) electrons. The van der Waals surface area contributed by atoms with Gasteiger partial charge in [-0.15, -0.1) is 16.4 Å². The van der Waals surface area contributed by atoms with Crippen LogP contribution in [0.25, 0.3) is 10.1 Å². The molecule has 0 aliphatic carbocycles. The molecule has 0 saturated carbocycles. The van der Waals surface area contributed by atoms with E-state index in [0.717, 1.165) is 25.6 Å². The third-order valence-corrected chi connectivity index (χ3v) is 9.09. The molecule has 1 aliphatic rings. The Morgan fingerprint density at radius 3 is 2.25 bits per heavy atom. The molecule has 3 heterocycles. The lowest BCUT2D eigenvalue weighted by atomic mass is 10.1. The lowest BCUT2D eigenvalue weighted by molar-refractivity contribution is -0.106.